The molecular formula is C27H37N3O3. The molecule has 0 spiro atoms. The average molecular weight is 452 g/mol. The molecule has 3 aliphatic rings. The Morgan fingerprint density at radius 2 is 1.67 bits per heavy atom. The van der Waals surface area contributed by atoms with E-state index >= 15 is 0 Å². The normalized spacial score (nSPS) is 25.0. The van der Waals surface area contributed by atoms with E-state index in [1.165, 1.54) is 32.1 Å². The molecule has 178 valence electrons. The van der Waals surface area contributed by atoms with Crippen molar-refractivity contribution in [1.29, 1.82) is 0 Å². The van der Waals surface area contributed by atoms with E-state index in [4.69, 9.17) is 4.74 Å². The van der Waals surface area contributed by atoms with Gasteiger partial charge in [0.2, 0.25) is 5.91 Å². The predicted molar refractivity (Wildman–Crippen MR) is 130 cm³/mol. The molecule has 0 bridgehead atoms. The molecule has 2 aromatic rings. The van der Waals surface area contributed by atoms with Crippen LogP contribution in [0.3, 0.4) is 0 Å². The number of hydrogen-bond acceptors (Lipinski definition) is 3. The van der Waals surface area contributed by atoms with Gasteiger partial charge in [0.25, 0.3) is 5.91 Å². The Morgan fingerprint density at radius 1 is 1.00 bits per heavy atom. The summed E-state index contributed by atoms with van der Waals surface area (Å²) < 4.78 is 7.50. The molecular weight excluding hydrogens is 414 g/mol. The van der Waals surface area contributed by atoms with Crippen LogP contribution in [0.2, 0.25) is 0 Å². The smallest absolute Gasteiger partial charge is 0.271 e. The lowest BCUT2D eigenvalue weighted by atomic mass is 9.89. The molecule has 0 saturated heterocycles. The quantitative estimate of drug-likeness (QED) is 0.663. The summed E-state index contributed by atoms with van der Waals surface area (Å²) in [6.07, 6.45) is 12.3. The molecule has 2 heterocycles. The van der Waals surface area contributed by atoms with E-state index in [-0.39, 0.29) is 23.9 Å². The first-order chi connectivity index (χ1) is 16.0. The predicted octanol–water partition coefficient (Wildman–Crippen LogP) is 5.04. The number of carbonyl (C=O) groups excluding carboxylic acids is 2. The maximum atomic E-state index is 14.1. The maximum absolute atomic E-state index is 14.1. The molecule has 1 aromatic heterocycles. The molecule has 1 aliphatic heterocycles. The van der Waals surface area contributed by atoms with Crippen LogP contribution < -0.4 is 10.1 Å². The second kappa shape index (κ2) is 9.03. The molecule has 2 fully saturated rings. The fourth-order valence-electron chi connectivity index (χ4n) is 6.29. The van der Waals surface area contributed by atoms with Crippen molar-refractivity contribution < 1.29 is 14.3 Å². The van der Waals surface area contributed by atoms with Gasteiger partial charge in [0.15, 0.2) is 0 Å². The molecule has 2 aliphatic carbocycles. The summed E-state index contributed by atoms with van der Waals surface area (Å²) in [5, 5.41) is 4.37. The maximum Gasteiger partial charge on any atom is 0.271 e. The van der Waals surface area contributed by atoms with Gasteiger partial charge in [-0.1, -0.05) is 44.9 Å². The van der Waals surface area contributed by atoms with Crippen LogP contribution in [0.15, 0.2) is 24.3 Å². The summed E-state index contributed by atoms with van der Waals surface area (Å²) in [4.78, 5) is 30.0. The van der Waals surface area contributed by atoms with Gasteiger partial charge in [0, 0.05) is 23.5 Å². The fourth-order valence-corrected chi connectivity index (χ4v) is 6.29. The number of carbonyl (C=O) groups is 2. The lowest BCUT2D eigenvalue weighted by Crippen LogP contribution is -2.67. The Balaban J connectivity index is 1.56. The highest BCUT2D eigenvalue weighted by atomic mass is 16.5. The summed E-state index contributed by atoms with van der Waals surface area (Å²) in [6.45, 7) is 2.46. The van der Waals surface area contributed by atoms with Crippen LogP contribution in [0.25, 0.3) is 10.9 Å². The van der Waals surface area contributed by atoms with E-state index in [2.05, 4.69) is 5.32 Å². The van der Waals surface area contributed by atoms with Crippen molar-refractivity contribution >= 4 is 22.7 Å². The summed E-state index contributed by atoms with van der Waals surface area (Å²) in [7, 11) is 1.65. The third-order valence-electron chi connectivity index (χ3n) is 8.17. The average Bonchev–Trinajstić information content (AvgIpc) is 2.98. The van der Waals surface area contributed by atoms with Crippen molar-refractivity contribution in [2.45, 2.75) is 102 Å². The van der Waals surface area contributed by atoms with Gasteiger partial charge < -0.3 is 19.5 Å². The fraction of sp³-hybridized carbons (Fsp3) is 0.630. The molecule has 2 amide bonds. The first-order valence-electron chi connectivity index (χ1n) is 12.8. The molecule has 5 rings (SSSR count). The molecule has 1 atom stereocenters. The van der Waals surface area contributed by atoms with Gasteiger partial charge in [-0.05, 0) is 50.8 Å². The molecule has 6 heteroatoms. The van der Waals surface area contributed by atoms with E-state index in [1.807, 2.05) is 40.7 Å². The first-order valence-corrected chi connectivity index (χ1v) is 12.8. The summed E-state index contributed by atoms with van der Waals surface area (Å²) in [5.41, 5.74) is 0.728. The third kappa shape index (κ3) is 4.02. The van der Waals surface area contributed by atoms with Gasteiger partial charge in [-0.25, -0.2) is 0 Å². The number of benzene rings is 1. The molecule has 2 saturated carbocycles. The van der Waals surface area contributed by atoms with Gasteiger partial charge in [0.1, 0.15) is 17.0 Å². The van der Waals surface area contributed by atoms with Crippen molar-refractivity contribution in [3.8, 4) is 5.75 Å². The van der Waals surface area contributed by atoms with Crippen LogP contribution >= 0.6 is 0 Å². The number of methoxy groups -OCH3 is 1. The van der Waals surface area contributed by atoms with Crippen LogP contribution in [0, 0.1) is 0 Å². The highest BCUT2D eigenvalue weighted by molar-refractivity contribution is 6.04. The Morgan fingerprint density at radius 3 is 2.36 bits per heavy atom. The zero-order valence-electron chi connectivity index (χ0n) is 20.1. The Kier molecular flexibility index (Phi) is 6.11. The van der Waals surface area contributed by atoms with Crippen molar-refractivity contribution in [2.75, 3.05) is 7.11 Å². The number of hydrogen-bond donors (Lipinski definition) is 1. The van der Waals surface area contributed by atoms with E-state index < -0.39 is 5.54 Å². The Labute approximate surface area is 196 Å². The zero-order chi connectivity index (χ0) is 23.0. The van der Waals surface area contributed by atoms with Gasteiger partial charge >= 0.3 is 0 Å². The lowest BCUT2D eigenvalue weighted by Gasteiger charge is -2.48. The van der Waals surface area contributed by atoms with E-state index in [1.54, 1.807) is 7.11 Å². The van der Waals surface area contributed by atoms with Crippen molar-refractivity contribution in [3.63, 3.8) is 0 Å². The summed E-state index contributed by atoms with van der Waals surface area (Å²) >= 11 is 0. The minimum atomic E-state index is -0.911. The van der Waals surface area contributed by atoms with E-state index in [0.717, 1.165) is 55.2 Å². The molecule has 1 aromatic carbocycles. The first kappa shape index (κ1) is 22.3. The SMILES string of the molecule is COc1ccc2cc3n(c2c1)C[C@@](C)(C(=O)NC1CCCCC1)N(C1CCCCCC1)C3=O. The molecule has 0 unspecified atom stereocenters. The van der Waals surface area contributed by atoms with Crippen molar-refractivity contribution in [2.24, 2.45) is 0 Å². The molecule has 0 radical (unpaired) electrons. The number of ether oxygens (including phenoxy) is 1. The number of fused-ring (bicyclic) bond motifs is 3. The van der Waals surface area contributed by atoms with Crippen LogP contribution in [0.4, 0.5) is 0 Å². The van der Waals surface area contributed by atoms with Gasteiger partial charge in [0.05, 0.1) is 19.2 Å². The minimum Gasteiger partial charge on any atom is -0.497 e. The molecule has 6 nitrogen and oxygen atoms in total. The Hall–Kier alpha value is -2.50. The highest BCUT2D eigenvalue weighted by Crippen LogP contribution is 2.38. The molecule has 33 heavy (non-hydrogen) atoms. The van der Waals surface area contributed by atoms with Gasteiger partial charge in [-0.15, -0.1) is 0 Å². The summed E-state index contributed by atoms with van der Waals surface area (Å²) in [6, 6.07) is 8.23. The topological polar surface area (TPSA) is 63.6 Å². The van der Waals surface area contributed by atoms with E-state index in [0.29, 0.717) is 12.2 Å². The second-order valence-electron chi connectivity index (χ2n) is 10.4. The highest BCUT2D eigenvalue weighted by Gasteiger charge is 2.50. The number of nitrogens with one attached hydrogen (secondary N) is 1. The number of rotatable bonds is 4. The second-order valence-corrected chi connectivity index (χ2v) is 10.4. The zero-order valence-corrected chi connectivity index (χ0v) is 20.1. The number of nitrogens with zero attached hydrogens (tertiary/aromatic N) is 2. The van der Waals surface area contributed by atoms with Crippen molar-refractivity contribution in [3.05, 3.63) is 30.0 Å². The van der Waals surface area contributed by atoms with Crippen molar-refractivity contribution in [1.82, 2.24) is 14.8 Å². The van der Waals surface area contributed by atoms with Gasteiger partial charge in [-0.3, -0.25) is 9.59 Å². The molecule has 1 N–H and O–H groups in total. The standard InChI is InChI=1S/C27H37N3O3/c1-27(26(32)28-20-10-6-5-7-11-20)18-29-23-17-22(33-2)15-14-19(23)16-24(29)25(31)30(27)21-12-8-3-4-9-13-21/h14-17,20-21H,3-13,18H2,1-2H3,(H,28,32)/t27-/m0/s1. The summed E-state index contributed by atoms with van der Waals surface area (Å²) in [5.74, 6) is 0.752. The lowest BCUT2D eigenvalue weighted by molar-refractivity contribution is -0.135. The van der Waals surface area contributed by atoms with Gasteiger partial charge in [-0.2, -0.15) is 0 Å². The van der Waals surface area contributed by atoms with E-state index in [9.17, 15) is 9.59 Å². The van der Waals surface area contributed by atoms with Crippen LogP contribution in [-0.4, -0.2) is 46.0 Å². The number of amides is 2. The third-order valence-corrected chi connectivity index (χ3v) is 8.17. The van der Waals surface area contributed by atoms with Crippen LogP contribution in [0.5, 0.6) is 5.75 Å². The Bertz CT molecular complexity index is 1030. The minimum absolute atomic E-state index is 0.00222. The van der Waals surface area contributed by atoms with Crippen LogP contribution in [0.1, 0.15) is 88.0 Å². The monoisotopic (exact) mass is 451 g/mol. The number of aromatic nitrogens is 1. The van der Waals surface area contributed by atoms with Crippen LogP contribution in [-0.2, 0) is 11.3 Å². The largest absolute Gasteiger partial charge is 0.497 e.